The number of alkyl halides is 3. The number of nitrogens with zero attached hydrogens (tertiary/aromatic N) is 2. The van der Waals surface area contributed by atoms with E-state index in [0.717, 1.165) is 6.07 Å². The summed E-state index contributed by atoms with van der Waals surface area (Å²) in [6.45, 7) is 0. The molecule has 1 aromatic carbocycles. The van der Waals surface area contributed by atoms with Gasteiger partial charge in [-0.2, -0.15) is 13.2 Å². The Hall–Kier alpha value is -1.08. The second-order valence-electron chi connectivity index (χ2n) is 3.15. The summed E-state index contributed by atoms with van der Waals surface area (Å²) >= 11 is 2.57. The summed E-state index contributed by atoms with van der Waals surface area (Å²) in [6, 6.07) is 5.57. The van der Waals surface area contributed by atoms with Crippen LogP contribution in [0.4, 0.5) is 13.2 Å². The highest BCUT2D eigenvalue weighted by atomic mass is 32.2. The minimum absolute atomic E-state index is 0.241. The standard InChI is InChI=1S/C10H7F3N2S2/c11-10(12,13)8-4-2-1-3-7(8)5-16-9-15-14-6-17-9/h1-4,6H,5H2. The molecule has 17 heavy (non-hydrogen) atoms. The molecule has 1 aromatic heterocycles. The summed E-state index contributed by atoms with van der Waals surface area (Å²) < 4.78 is 38.7. The third kappa shape index (κ3) is 3.19. The van der Waals surface area contributed by atoms with Crippen molar-refractivity contribution in [3.05, 3.63) is 40.9 Å². The van der Waals surface area contributed by atoms with Gasteiger partial charge in [-0.1, -0.05) is 41.3 Å². The van der Waals surface area contributed by atoms with Crippen LogP contribution < -0.4 is 0 Å². The molecule has 0 aliphatic rings. The number of aromatic nitrogens is 2. The molecule has 0 aliphatic carbocycles. The smallest absolute Gasteiger partial charge is 0.166 e. The van der Waals surface area contributed by atoms with Gasteiger partial charge in [0.1, 0.15) is 5.51 Å². The molecule has 90 valence electrons. The monoisotopic (exact) mass is 276 g/mol. The molecule has 1 heterocycles. The minimum atomic E-state index is -4.31. The zero-order valence-electron chi connectivity index (χ0n) is 8.44. The Bertz CT molecular complexity index is 483. The van der Waals surface area contributed by atoms with Gasteiger partial charge in [0.15, 0.2) is 4.34 Å². The Morgan fingerprint density at radius 3 is 2.65 bits per heavy atom. The van der Waals surface area contributed by atoms with Crippen molar-refractivity contribution >= 4 is 23.1 Å². The number of hydrogen-bond donors (Lipinski definition) is 0. The summed E-state index contributed by atoms with van der Waals surface area (Å²) in [5.74, 6) is 0.241. The Kier molecular flexibility index (Phi) is 3.68. The van der Waals surface area contributed by atoms with Crippen LogP contribution in [-0.2, 0) is 11.9 Å². The van der Waals surface area contributed by atoms with E-state index < -0.39 is 11.7 Å². The van der Waals surface area contributed by atoms with Crippen LogP contribution in [0.2, 0.25) is 0 Å². The van der Waals surface area contributed by atoms with Crippen molar-refractivity contribution < 1.29 is 13.2 Å². The average Bonchev–Trinajstić information content (AvgIpc) is 2.78. The molecular weight excluding hydrogens is 269 g/mol. The van der Waals surface area contributed by atoms with E-state index >= 15 is 0 Å². The largest absolute Gasteiger partial charge is 0.416 e. The van der Waals surface area contributed by atoms with Crippen molar-refractivity contribution in [2.75, 3.05) is 0 Å². The fourth-order valence-corrected chi connectivity index (χ4v) is 2.78. The number of halogens is 3. The predicted molar refractivity (Wildman–Crippen MR) is 60.9 cm³/mol. The van der Waals surface area contributed by atoms with Crippen LogP contribution in [0.5, 0.6) is 0 Å². The fraction of sp³-hybridized carbons (Fsp3) is 0.200. The lowest BCUT2D eigenvalue weighted by atomic mass is 10.1. The van der Waals surface area contributed by atoms with Crippen molar-refractivity contribution in [3.63, 3.8) is 0 Å². The Morgan fingerprint density at radius 2 is 2.00 bits per heavy atom. The molecule has 0 bridgehead atoms. The molecule has 0 radical (unpaired) electrons. The highest BCUT2D eigenvalue weighted by molar-refractivity contribution is 8.00. The van der Waals surface area contributed by atoms with Crippen LogP contribution in [0.25, 0.3) is 0 Å². The summed E-state index contributed by atoms with van der Waals surface area (Å²) in [5.41, 5.74) is 1.23. The molecule has 0 fully saturated rings. The Balaban J connectivity index is 2.16. The molecule has 2 aromatic rings. The van der Waals surface area contributed by atoms with Gasteiger partial charge in [-0.25, -0.2) is 0 Å². The second-order valence-corrected chi connectivity index (χ2v) is 5.20. The van der Waals surface area contributed by atoms with E-state index in [-0.39, 0.29) is 11.3 Å². The fourth-order valence-electron chi connectivity index (χ4n) is 1.29. The first-order chi connectivity index (χ1) is 8.07. The number of thioether (sulfide) groups is 1. The molecule has 0 aliphatic heterocycles. The zero-order chi connectivity index (χ0) is 12.3. The van der Waals surface area contributed by atoms with Crippen LogP contribution in [0.3, 0.4) is 0 Å². The molecule has 2 rings (SSSR count). The topological polar surface area (TPSA) is 25.8 Å². The molecule has 0 amide bonds. The van der Waals surface area contributed by atoms with Gasteiger partial charge in [-0.15, -0.1) is 10.2 Å². The molecule has 0 atom stereocenters. The van der Waals surface area contributed by atoms with Gasteiger partial charge < -0.3 is 0 Å². The summed E-state index contributed by atoms with van der Waals surface area (Å²) in [5, 5.41) is 7.40. The van der Waals surface area contributed by atoms with E-state index in [0.29, 0.717) is 4.34 Å². The first kappa shape index (κ1) is 12.4. The second kappa shape index (κ2) is 5.05. The third-order valence-electron chi connectivity index (χ3n) is 2.01. The first-order valence-corrected chi connectivity index (χ1v) is 6.48. The number of rotatable bonds is 3. The van der Waals surface area contributed by atoms with Crippen LogP contribution in [0.1, 0.15) is 11.1 Å². The lowest BCUT2D eigenvalue weighted by Gasteiger charge is -2.11. The van der Waals surface area contributed by atoms with E-state index in [1.54, 1.807) is 11.6 Å². The molecule has 2 nitrogen and oxygen atoms in total. The maximum atomic E-state index is 12.7. The van der Waals surface area contributed by atoms with E-state index in [4.69, 9.17) is 0 Å². The lowest BCUT2D eigenvalue weighted by Crippen LogP contribution is -2.08. The molecule has 0 saturated heterocycles. The minimum Gasteiger partial charge on any atom is -0.166 e. The van der Waals surface area contributed by atoms with Gasteiger partial charge >= 0.3 is 6.18 Å². The lowest BCUT2D eigenvalue weighted by molar-refractivity contribution is -0.138. The van der Waals surface area contributed by atoms with Crippen molar-refractivity contribution in [2.45, 2.75) is 16.3 Å². The van der Waals surface area contributed by atoms with Crippen LogP contribution in [-0.4, -0.2) is 10.2 Å². The molecule has 7 heteroatoms. The van der Waals surface area contributed by atoms with Crippen molar-refractivity contribution in [1.29, 1.82) is 0 Å². The molecular formula is C10H7F3N2S2. The van der Waals surface area contributed by atoms with Crippen LogP contribution >= 0.6 is 23.1 Å². The zero-order valence-corrected chi connectivity index (χ0v) is 10.1. The normalized spacial score (nSPS) is 11.7. The molecule has 0 unspecified atom stereocenters. The molecule has 0 N–H and O–H groups in total. The van der Waals surface area contributed by atoms with Crippen LogP contribution in [0, 0.1) is 0 Å². The van der Waals surface area contributed by atoms with Gasteiger partial charge in [0.2, 0.25) is 0 Å². The quantitative estimate of drug-likeness (QED) is 0.796. The maximum Gasteiger partial charge on any atom is 0.416 e. The number of hydrogen-bond acceptors (Lipinski definition) is 4. The average molecular weight is 276 g/mol. The van der Waals surface area contributed by atoms with Crippen molar-refractivity contribution in [3.8, 4) is 0 Å². The molecule has 0 spiro atoms. The van der Waals surface area contributed by atoms with Gasteiger partial charge in [-0.05, 0) is 11.6 Å². The predicted octanol–water partition coefficient (Wildman–Crippen LogP) is 3.85. The first-order valence-electron chi connectivity index (χ1n) is 4.61. The highest BCUT2D eigenvalue weighted by Gasteiger charge is 2.32. The van der Waals surface area contributed by atoms with Gasteiger partial charge in [0, 0.05) is 5.75 Å². The SMILES string of the molecule is FC(F)(F)c1ccccc1CSc1nncs1. The summed E-state index contributed by atoms with van der Waals surface area (Å²) in [4.78, 5) is 0. The van der Waals surface area contributed by atoms with E-state index in [9.17, 15) is 13.2 Å². The van der Waals surface area contributed by atoms with Crippen LogP contribution in [0.15, 0.2) is 34.1 Å². The third-order valence-corrected chi connectivity index (χ3v) is 3.92. The van der Waals surface area contributed by atoms with Gasteiger partial charge in [0.05, 0.1) is 5.56 Å². The molecule has 0 saturated carbocycles. The van der Waals surface area contributed by atoms with Crippen molar-refractivity contribution in [1.82, 2.24) is 10.2 Å². The van der Waals surface area contributed by atoms with Crippen molar-refractivity contribution in [2.24, 2.45) is 0 Å². The van der Waals surface area contributed by atoms with E-state index in [1.165, 1.54) is 35.2 Å². The van der Waals surface area contributed by atoms with Gasteiger partial charge in [-0.3, -0.25) is 0 Å². The summed E-state index contributed by atoms with van der Waals surface area (Å²) in [7, 11) is 0. The maximum absolute atomic E-state index is 12.7. The number of benzene rings is 1. The van der Waals surface area contributed by atoms with E-state index in [2.05, 4.69) is 10.2 Å². The van der Waals surface area contributed by atoms with E-state index in [1.807, 2.05) is 0 Å². The Morgan fingerprint density at radius 1 is 1.24 bits per heavy atom. The highest BCUT2D eigenvalue weighted by Crippen LogP contribution is 2.34. The summed E-state index contributed by atoms with van der Waals surface area (Å²) in [6.07, 6.45) is -4.31. The Labute approximate surface area is 104 Å². The van der Waals surface area contributed by atoms with Gasteiger partial charge in [0.25, 0.3) is 0 Å².